The highest BCUT2D eigenvalue weighted by molar-refractivity contribution is 5.73. The molecule has 0 unspecified atom stereocenters. The third kappa shape index (κ3) is 2.77. The molecule has 1 N–H and O–H groups in total. The summed E-state index contributed by atoms with van der Waals surface area (Å²) in [4.78, 5) is 10.8. The number of aryl methyl sites for hydroxylation is 2. The van der Waals surface area contributed by atoms with Crippen LogP contribution in [0.5, 0.6) is 0 Å². The fourth-order valence-electron chi connectivity index (χ4n) is 2.08. The van der Waals surface area contributed by atoms with E-state index >= 15 is 0 Å². The number of aliphatic carboxylic acids is 1. The lowest BCUT2D eigenvalue weighted by atomic mass is 9.96. The summed E-state index contributed by atoms with van der Waals surface area (Å²) < 4.78 is 0. The van der Waals surface area contributed by atoms with E-state index in [0.29, 0.717) is 0 Å². The number of hydrogen-bond donors (Lipinski definition) is 1. The average Bonchev–Trinajstić information content (AvgIpc) is 2.31. The Bertz CT molecular complexity index is 585. The molecule has 0 aliphatic rings. The molecule has 2 heteroatoms. The van der Waals surface area contributed by atoms with Crippen molar-refractivity contribution in [2.45, 2.75) is 20.3 Å². The maximum absolute atomic E-state index is 10.8. The number of benzene rings is 2. The molecule has 18 heavy (non-hydrogen) atoms. The maximum Gasteiger partial charge on any atom is 0.307 e. The van der Waals surface area contributed by atoms with Crippen molar-refractivity contribution < 1.29 is 9.90 Å². The molecule has 2 aromatic rings. The zero-order chi connectivity index (χ0) is 13.1. The largest absolute Gasteiger partial charge is 0.481 e. The molecular weight excluding hydrogens is 224 g/mol. The molecule has 0 saturated carbocycles. The summed E-state index contributed by atoms with van der Waals surface area (Å²) in [6.45, 7) is 4.10. The van der Waals surface area contributed by atoms with Gasteiger partial charge in [0.1, 0.15) is 0 Å². The number of hydrogen-bond acceptors (Lipinski definition) is 1. The van der Waals surface area contributed by atoms with Crippen LogP contribution in [0.15, 0.2) is 42.5 Å². The normalized spacial score (nSPS) is 10.3. The molecule has 2 aromatic carbocycles. The van der Waals surface area contributed by atoms with Crippen LogP contribution in [0.2, 0.25) is 0 Å². The van der Waals surface area contributed by atoms with Crippen molar-refractivity contribution in [1.29, 1.82) is 0 Å². The second-order valence-corrected chi connectivity index (χ2v) is 4.59. The molecule has 0 spiro atoms. The summed E-state index contributed by atoms with van der Waals surface area (Å²) in [7, 11) is 0. The van der Waals surface area contributed by atoms with E-state index < -0.39 is 5.97 Å². The summed E-state index contributed by atoms with van der Waals surface area (Å²) in [5, 5.41) is 8.84. The van der Waals surface area contributed by atoms with E-state index in [9.17, 15) is 4.79 Å². The van der Waals surface area contributed by atoms with Crippen molar-refractivity contribution in [2.75, 3.05) is 0 Å². The van der Waals surface area contributed by atoms with Gasteiger partial charge in [-0.25, -0.2) is 0 Å². The molecule has 0 amide bonds. The predicted molar refractivity (Wildman–Crippen MR) is 72.7 cm³/mol. The third-order valence-electron chi connectivity index (χ3n) is 2.99. The summed E-state index contributed by atoms with van der Waals surface area (Å²) in [5.74, 6) is -0.797. The van der Waals surface area contributed by atoms with E-state index in [1.807, 2.05) is 31.2 Å². The van der Waals surface area contributed by atoms with Crippen LogP contribution in [0.1, 0.15) is 16.7 Å². The van der Waals surface area contributed by atoms with Gasteiger partial charge in [0, 0.05) is 0 Å². The highest BCUT2D eigenvalue weighted by atomic mass is 16.4. The fourth-order valence-corrected chi connectivity index (χ4v) is 2.08. The SMILES string of the molecule is Cc1cccc(-c2cc(CC(=O)O)ccc2C)c1. The first-order valence-corrected chi connectivity index (χ1v) is 5.94. The lowest BCUT2D eigenvalue weighted by Crippen LogP contribution is -2.00. The third-order valence-corrected chi connectivity index (χ3v) is 2.99. The van der Waals surface area contributed by atoms with Crippen LogP contribution in [-0.4, -0.2) is 11.1 Å². The van der Waals surface area contributed by atoms with Gasteiger partial charge >= 0.3 is 5.97 Å². The van der Waals surface area contributed by atoms with E-state index in [1.165, 1.54) is 5.56 Å². The molecule has 0 heterocycles. The zero-order valence-electron chi connectivity index (χ0n) is 10.6. The molecule has 2 rings (SSSR count). The van der Waals surface area contributed by atoms with Crippen LogP contribution >= 0.6 is 0 Å². The lowest BCUT2D eigenvalue weighted by Gasteiger charge is -2.09. The van der Waals surface area contributed by atoms with Crippen molar-refractivity contribution in [1.82, 2.24) is 0 Å². The van der Waals surface area contributed by atoms with Gasteiger partial charge in [0.2, 0.25) is 0 Å². The fraction of sp³-hybridized carbons (Fsp3) is 0.188. The van der Waals surface area contributed by atoms with Gasteiger partial charge in [-0.1, -0.05) is 48.0 Å². The molecular formula is C16H16O2. The summed E-state index contributed by atoms with van der Waals surface area (Å²) in [6, 6.07) is 14.1. The summed E-state index contributed by atoms with van der Waals surface area (Å²) in [5.41, 5.74) is 5.45. The minimum atomic E-state index is -0.797. The Balaban J connectivity index is 2.46. The minimum Gasteiger partial charge on any atom is -0.481 e. The summed E-state index contributed by atoms with van der Waals surface area (Å²) >= 11 is 0. The summed E-state index contributed by atoms with van der Waals surface area (Å²) in [6.07, 6.45) is 0.0685. The topological polar surface area (TPSA) is 37.3 Å². The van der Waals surface area contributed by atoms with Crippen LogP contribution < -0.4 is 0 Å². The minimum absolute atomic E-state index is 0.0685. The highest BCUT2D eigenvalue weighted by Gasteiger charge is 2.06. The van der Waals surface area contributed by atoms with Gasteiger partial charge in [-0.3, -0.25) is 4.79 Å². The molecule has 0 saturated heterocycles. The van der Waals surface area contributed by atoms with Crippen LogP contribution in [0.25, 0.3) is 11.1 Å². The Kier molecular flexibility index (Phi) is 3.47. The Morgan fingerprint density at radius 3 is 2.56 bits per heavy atom. The van der Waals surface area contributed by atoms with E-state index in [0.717, 1.165) is 22.3 Å². The number of carbonyl (C=O) groups is 1. The predicted octanol–water partition coefficient (Wildman–Crippen LogP) is 3.60. The van der Waals surface area contributed by atoms with Crippen LogP contribution in [0, 0.1) is 13.8 Å². The number of rotatable bonds is 3. The zero-order valence-corrected chi connectivity index (χ0v) is 10.6. The molecule has 0 atom stereocenters. The molecule has 0 aromatic heterocycles. The van der Waals surface area contributed by atoms with Crippen LogP contribution in [0.3, 0.4) is 0 Å². The molecule has 0 bridgehead atoms. The quantitative estimate of drug-likeness (QED) is 0.890. The smallest absolute Gasteiger partial charge is 0.307 e. The van der Waals surface area contributed by atoms with Gasteiger partial charge in [0.25, 0.3) is 0 Å². The molecule has 0 fully saturated rings. The van der Waals surface area contributed by atoms with E-state index in [4.69, 9.17) is 5.11 Å². The van der Waals surface area contributed by atoms with Gasteiger partial charge < -0.3 is 5.11 Å². The van der Waals surface area contributed by atoms with Crippen molar-refractivity contribution in [2.24, 2.45) is 0 Å². The maximum atomic E-state index is 10.8. The van der Waals surface area contributed by atoms with Crippen LogP contribution in [0.4, 0.5) is 0 Å². The first kappa shape index (κ1) is 12.4. The second kappa shape index (κ2) is 5.05. The average molecular weight is 240 g/mol. The lowest BCUT2D eigenvalue weighted by molar-refractivity contribution is -0.136. The van der Waals surface area contributed by atoms with Gasteiger partial charge in [0.15, 0.2) is 0 Å². The Morgan fingerprint density at radius 2 is 1.89 bits per heavy atom. The van der Waals surface area contributed by atoms with Gasteiger partial charge in [-0.2, -0.15) is 0 Å². The van der Waals surface area contributed by atoms with Crippen molar-refractivity contribution in [3.63, 3.8) is 0 Å². The number of carboxylic acids is 1. The molecule has 92 valence electrons. The molecule has 0 radical (unpaired) electrons. The van der Waals surface area contributed by atoms with Crippen molar-refractivity contribution >= 4 is 5.97 Å². The molecule has 0 aliphatic heterocycles. The van der Waals surface area contributed by atoms with Crippen molar-refractivity contribution in [3.05, 3.63) is 59.2 Å². The first-order valence-electron chi connectivity index (χ1n) is 5.94. The monoisotopic (exact) mass is 240 g/mol. The Labute approximate surface area is 107 Å². The van der Waals surface area contributed by atoms with E-state index in [1.54, 1.807) is 0 Å². The second-order valence-electron chi connectivity index (χ2n) is 4.59. The standard InChI is InChI=1S/C16H16O2/c1-11-4-3-5-14(8-11)15-9-13(10-16(17)18)7-6-12(15)2/h3-9H,10H2,1-2H3,(H,17,18). The van der Waals surface area contributed by atoms with Gasteiger partial charge in [-0.15, -0.1) is 0 Å². The molecule has 2 nitrogen and oxygen atoms in total. The van der Waals surface area contributed by atoms with Crippen molar-refractivity contribution in [3.8, 4) is 11.1 Å². The Morgan fingerprint density at radius 1 is 1.11 bits per heavy atom. The van der Waals surface area contributed by atoms with Crippen LogP contribution in [-0.2, 0) is 11.2 Å². The number of carboxylic acid groups (broad SMARTS) is 1. The van der Waals surface area contributed by atoms with Gasteiger partial charge in [0.05, 0.1) is 6.42 Å². The van der Waals surface area contributed by atoms with E-state index in [-0.39, 0.29) is 6.42 Å². The first-order chi connectivity index (χ1) is 8.56. The Hall–Kier alpha value is -2.09. The molecule has 0 aliphatic carbocycles. The van der Waals surface area contributed by atoms with Gasteiger partial charge in [-0.05, 0) is 36.1 Å². The van der Waals surface area contributed by atoms with E-state index in [2.05, 4.69) is 25.1 Å². The highest BCUT2D eigenvalue weighted by Crippen LogP contribution is 2.25.